The van der Waals surface area contributed by atoms with E-state index in [0.29, 0.717) is 5.69 Å². The van der Waals surface area contributed by atoms with Crippen molar-refractivity contribution >= 4 is 12.0 Å². The summed E-state index contributed by atoms with van der Waals surface area (Å²) in [7, 11) is 0. The number of hydrogen-bond donors (Lipinski definition) is 2. The van der Waals surface area contributed by atoms with Gasteiger partial charge in [-0.3, -0.25) is 0 Å². The monoisotopic (exact) mass is 191 g/mol. The van der Waals surface area contributed by atoms with Crippen LogP contribution in [0.25, 0.3) is 0 Å². The zero-order valence-electron chi connectivity index (χ0n) is 7.86. The number of rotatable bonds is 2. The molecule has 0 unspecified atom stereocenters. The number of aromatic hydroxyl groups is 1. The summed E-state index contributed by atoms with van der Waals surface area (Å²) in [5.74, 6) is 0.0779. The van der Waals surface area contributed by atoms with Crippen LogP contribution in [0, 0.1) is 0 Å². The fraction of sp³-hybridized carbons (Fsp3) is 0.364. The van der Waals surface area contributed by atoms with E-state index in [1.54, 1.807) is 18.2 Å². The number of phenols is 1. The average molecular weight is 191 g/mol. The van der Waals surface area contributed by atoms with Crippen molar-refractivity contribution in [3.8, 4) is 5.75 Å². The molecule has 0 heterocycles. The zero-order chi connectivity index (χ0) is 10.2. The third-order valence-corrected chi connectivity index (χ3v) is 3.07. The average Bonchev–Trinajstić information content (AvgIpc) is 2.10. The summed E-state index contributed by atoms with van der Waals surface area (Å²) in [5.41, 5.74) is 6.52. The minimum absolute atomic E-state index is 0.0779. The fourth-order valence-electron chi connectivity index (χ4n) is 1.90. The molecule has 74 valence electrons. The Morgan fingerprint density at radius 3 is 2.57 bits per heavy atom. The Hall–Kier alpha value is -1.51. The van der Waals surface area contributed by atoms with Crippen LogP contribution < -0.4 is 5.73 Å². The van der Waals surface area contributed by atoms with Gasteiger partial charge < -0.3 is 15.6 Å². The number of phenolic OH excluding ortho intramolecular Hbond substituents is 1. The maximum absolute atomic E-state index is 11.0. The van der Waals surface area contributed by atoms with E-state index in [0.717, 1.165) is 31.1 Å². The van der Waals surface area contributed by atoms with Gasteiger partial charge in [0.15, 0.2) is 0 Å². The molecule has 0 saturated heterocycles. The highest BCUT2D eigenvalue weighted by Gasteiger charge is 2.38. The van der Waals surface area contributed by atoms with Crippen molar-refractivity contribution < 1.29 is 9.90 Å². The van der Waals surface area contributed by atoms with E-state index in [1.165, 1.54) is 0 Å². The summed E-state index contributed by atoms with van der Waals surface area (Å²) in [5, 5.41) is 9.26. The molecular weight excluding hydrogens is 178 g/mol. The van der Waals surface area contributed by atoms with E-state index < -0.39 is 0 Å². The van der Waals surface area contributed by atoms with Crippen molar-refractivity contribution in [2.24, 2.45) is 0 Å². The van der Waals surface area contributed by atoms with Gasteiger partial charge in [0, 0.05) is 0 Å². The van der Waals surface area contributed by atoms with Gasteiger partial charge in [0.25, 0.3) is 0 Å². The van der Waals surface area contributed by atoms with Crippen molar-refractivity contribution in [2.75, 3.05) is 5.73 Å². The van der Waals surface area contributed by atoms with E-state index in [-0.39, 0.29) is 11.2 Å². The molecule has 3 heteroatoms. The molecule has 1 saturated carbocycles. The molecule has 14 heavy (non-hydrogen) atoms. The third kappa shape index (κ3) is 1.16. The van der Waals surface area contributed by atoms with Gasteiger partial charge in [0.2, 0.25) is 0 Å². The molecule has 3 N–H and O–H groups in total. The highest BCUT2D eigenvalue weighted by atomic mass is 16.3. The molecule has 0 aromatic heterocycles. The van der Waals surface area contributed by atoms with Crippen LogP contribution in [0.2, 0.25) is 0 Å². The van der Waals surface area contributed by atoms with Crippen LogP contribution in [0.15, 0.2) is 18.2 Å². The first-order chi connectivity index (χ1) is 6.68. The highest BCUT2D eigenvalue weighted by molar-refractivity contribution is 5.72. The van der Waals surface area contributed by atoms with Crippen LogP contribution in [0.4, 0.5) is 5.69 Å². The van der Waals surface area contributed by atoms with Crippen molar-refractivity contribution in [3.05, 3.63) is 23.8 Å². The topological polar surface area (TPSA) is 63.3 Å². The quantitative estimate of drug-likeness (QED) is 0.424. The molecule has 1 aliphatic carbocycles. The van der Waals surface area contributed by atoms with Gasteiger partial charge in [0.1, 0.15) is 12.0 Å². The number of benzene rings is 1. The summed E-state index contributed by atoms with van der Waals surface area (Å²) in [4.78, 5) is 11.0. The molecule has 1 aliphatic rings. The Balaban J connectivity index is 2.41. The molecule has 1 fully saturated rings. The van der Waals surface area contributed by atoms with Crippen molar-refractivity contribution in [1.29, 1.82) is 0 Å². The number of hydrogen-bond acceptors (Lipinski definition) is 3. The van der Waals surface area contributed by atoms with Gasteiger partial charge in [-0.15, -0.1) is 0 Å². The van der Waals surface area contributed by atoms with Crippen molar-refractivity contribution in [2.45, 2.75) is 24.7 Å². The third-order valence-electron chi connectivity index (χ3n) is 3.07. The second-order valence-electron chi connectivity index (χ2n) is 3.90. The summed E-state index contributed by atoms with van der Waals surface area (Å²) in [6.45, 7) is 0. The Bertz CT molecular complexity index is 370. The minimum atomic E-state index is -0.332. The Labute approximate surface area is 82.5 Å². The number of nitrogens with two attached hydrogens (primary N) is 1. The molecule has 1 aromatic rings. The molecule has 0 spiro atoms. The largest absolute Gasteiger partial charge is 0.506 e. The summed E-state index contributed by atoms with van der Waals surface area (Å²) in [6.07, 6.45) is 3.86. The summed E-state index contributed by atoms with van der Waals surface area (Å²) < 4.78 is 0. The Morgan fingerprint density at radius 1 is 1.43 bits per heavy atom. The van der Waals surface area contributed by atoms with Gasteiger partial charge in [-0.25, -0.2) is 0 Å². The lowest BCUT2D eigenvalue weighted by Gasteiger charge is -2.37. The second kappa shape index (κ2) is 3.01. The first kappa shape index (κ1) is 9.06. The predicted molar refractivity (Wildman–Crippen MR) is 54.1 cm³/mol. The fourth-order valence-corrected chi connectivity index (χ4v) is 1.90. The van der Waals surface area contributed by atoms with Crippen LogP contribution in [-0.2, 0) is 10.2 Å². The van der Waals surface area contributed by atoms with Crippen molar-refractivity contribution in [3.63, 3.8) is 0 Å². The van der Waals surface area contributed by atoms with Crippen LogP contribution in [-0.4, -0.2) is 11.4 Å². The number of nitrogen functional groups attached to an aromatic ring is 1. The van der Waals surface area contributed by atoms with Gasteiger partial charge in [-0.05, 0) is 30.5 Å². The van der Waals surface area contributed by atoms with E-state index in [9.17, 15) is 9.90 Å². The number of carbonyl (C=O) groups excluding carboxylic acids is 1. The Morgan fingerprint density at radius 2 is 2.14 bits per heavy atom. The first-order valence-corrected chi connectivity index (χ1v) is 4.73. The number of anilines is 1. The molecule has 0 aliphatic heterocycles. The lowest BCUT2D eigenvalue weighted by molar-refractivity contribution is -0.115. The van der Waals surface area contributed by atoms with Crippen LogP contribution >= 0.6 is 0 Å². The van der Waals surface area contributed by atoms with E-state index >= 15 is 0 Å². The molecular formula is C11H13NO2. The van der Waals surface area contributed by atoms with Crippen LogP contribution in [0.5, 0.6) is 5.75 Å². The SMILES string of the molecule is Nc1cc(C2(C=O)CCC2)ccc1O. The van der Waals surface area contributed by atoms with Gasteiger partial charge in [-0.2, -0.15) is 0 Å². The minimum Gasteiger partial charge on any atom is -0.506 e. The lowest BCUT2D eigenvalue weighted by Crippen LogP contribution is -2.35. The summed E-state index contributed by atoms with van der Waals surface area (Å²) in [6, 6.07) is 5.02. The van der Waals surface area contributed by atoms with Gasteiger partial charge in [0.05, 0.1) is 11.1 Å². The van der Waals surface area contributed by atoms with Gasteiger partial charge in [-0.1, -0.05) is 12.5 Å². The van der Waals surface area contributed by atoms with E-state index in [1.807, 2.05) is 0 Å². The van der Waals surface area contributed by atoms with E-state index in [4.69, 9.17) is 5.73 Å². The molecule has 3 nitrogen and oxygen atoms in total. The normalized spacial score (nSPS) is 18.6. The number of carbonyl (C=O) groups is 1. The second-order valence-corrected chi connectivity index (χ2v) is 3.90. The zero-order valence-corrected chi connectivity index (χ0v) is 7.86. The lowest BCUT2D eigenvalue weighted by atomic mass is 9.65. The molecule has 0 atom stereocenters. The maximum Gasteiger partial charge on any atom is 0.138 e. The van der Waals surface area contributed by atoms with Crippen LogP contribution in [0.3, 0.4) is 0 Å². The van der Waals surface area contributed by atoms with Crippen molar-refractivity contribution in [1.82, 2.24) is 0 Å². The van der Waals surface area contributed by atoms with E-state index in [2.05, 4.69) is 0 Å². The molecule has 0 amide bonds. The molecule has 0 bridgehead atoms. The molecule has 0 radical (unpaired) electrons. The smallest absolute Gasteiger partial charge is 0.138 e. The molecule has 2 rings (SSSR count). The maximum atomic E-state index is 11.0. The first-order valence-electron chi connectivity index (χ1n) is 4.73. The summed E-state index contributed by atoms with van der Waals surface area (Å²) >= 11 is 0. The number of aldehydes is 1. The standard InChI is InChI=1S/C11H13NO2/c12-9-6-8(2-3-10(9)14)11(7-13)4-1-5-11/h2-3,6-7,14H,1,4-5,12H2. The highest BCUT2D eigenvalue weighted by Crippen LogP contribution is 2.43. The van der Waals surface area contributed by atoms with Crippen LogP contribution in [0.1, 0.15) is 24.8 Å². The predicted octanol–water partition coefficient (Wildman–Crippen LogP) is 1.59. The van der Waals surface area contributed by atoms with Gasteiger partial charge >= 0.3 is 0 Å². The molecule has 1 aromatic carbocycles. The Kier molecular flexibility index (Phi) is 1.95.